The van der Waals surface area contributed by atoms with E-state index in [0.717, 1.165) is 16.9 Å². The molecule has 0 saturated carbocycles. The van der Waals surface area contributed by atoms with Crippen LogP contribution in [0.15, 0.2) is 42.5 Å². The van der Waals surface area contributed by atoms with Crippen molar-refractivity contribution >= 4 is 11.9 Å². The minimum atomic E-state index is -0.578. The molecule has 4 N–H and O–H groups in total. The predicted molar refractivity (Wildman–Crippen MR) is 96.6 cm³/mol. The maximum atomic E-state index is 12.1. The fraction of sp³-hybridized carbons (Fsp3) is 0.263. The van der Waals surface area contributed by atoms with Crippen molar-refractivity contribution in [2.75, 3.05) is 13.2 Å². The second-order valence-corrected chi connectivity index (χ2v) is 5.79. The van der Waals surface area contributed by atoms with Gasteiger partial charge in [0.25, 0.3) is 5.91 Å². The first-order valence-corrected chi connectivity index (χ1v) is 8.06. The number of aryl methyl sites for hydroxylation is 2. The van der Waals surface area contributed by atoms with Crippen LogP contribution in [0.1, 0.15) is 27.0 Å². The largest absolute Gasteiger partial charge is 0.491 e. The zero-order chi connectivity index (χ0) is 18.2. The van der Waals surface area contributed by atoms with Gasteiger partial charge >= 0.3 is 6.03 Å². The van der Waals surface area contributed by atoms with Gasteiger partial charge in [0.05, 0.1) is 6.54 Å². The third kappa shape index (κ3) is 5.84. The highest BCUT2D eigenvalue weighted by Crippen LogP contribution is 2.18. The average Bonchev–Trinajstić information content (AvgIpc) is 2.58. The first-order valence-electron chi connectivity index (χ1n) is 8.06. The number of carbonyl (C=O) groups is 2. The van der Waals surface area contributed by atoms with Gasteiger partial charge in [-0.3, -0.25) is 4.79 Å². The topological polar surface area (TPSA) is 93.4 Å². The number of amides is 3. The third-order valence-corrected chi connectivity index (χ3v) is 3.66. The van der Waals surface area contributed by atoms with Crippen molar-refractivity contribution in [2.24, 2.45) is 5.73 Å². The highest BCUT2D eigenvalue weighted by atomic mass is 16.5. The number of hydrogen-bond acceptors (Lipinski definition) is 3. The summed E-state index contributed by atoms with van der Waals surface area (Å²) in [6.07, 6.45) is 0. The van der Waals surface area contributed by atoms with Crippen LogP contribution in [-0.4, -0.2) is 25.1 Å². The summed E-state index contributed by atoms with van der Waals surface area (Å²) in [6.45, 7) is 5.18. The van der Waals surface area contributed by atoms with Crippen molar-refractivity contribution < 1.29 is 14.3 Å². The third-order valence-electron chi connectivity index (χ3n) is 3.66. The summed E-state index contributed by atoms with van der Waals surface area (Å²) in [5.41, 5.74) is 8.70. The standard InChI is InChI=1S/C19H23N3O3/c1-13-3-8-17(14(2)11-13)25-10-9-21-18(23)16-6-4-15(5-7-16)12-22-19(20)24/h3-8,11H,9-10,12H2,1-2H3,(H,21,23)(H3,20,22,24). The lowest BCUT2D eigenvalue weighted by molar-refractivity contribution is 0.0947. The molecule has 3 amide bonds. The number of benzene rings is 2. The molecule has 2 aromatic carbocycles. The highest BCUT2D eigenvalue weighted by Gasteiger charge is 2.06. The van der Waals surface area contributed by atoms with E-state index in [4.69, 9.17) is 10.5 Å². The first-order chi connectivity index (χ1) is 12.0. The SMILES string of the molecule is Cc1ccc(OCCNC(=O)c2ccc(CNC(N)=O)cc2)c(C)c1. The lowest BCUT2D eigenvalue weighted by atomic mass is 10.1. The summed E-state index contributed by atoms with van der Waals surface area (Å²) in [4.78, 5) is 22.8. The van der Waals surface area contributed by atoms with Gasteiger partial charge in [-0.2, -0.15) is 0 Å². The van der Waals surface area contributed by atoms with Crippen LogP contribution >= 0.6 is 0 Å². The first kappa shape index (κ1) is 18.3. The molecule has 0 aliphatic heterocycles. The number of nitrogens with one attached hydrogen (secondary N) is 2. The molecule has 0 aliphatic rings. The lowest BCUT2D eigenvalue weighted by Gasteiger charge is -2.11. The Bertz CT molecular complexity index is 742. The molecule has 0 fully saturated rings. The van der Waals surface area contributed by atoms with Crippen LogP contribution in [0, 0.1) is 13.8 Å². The molecule has 6 heteroatoms. The predicted octanol–water partition coefficient (Wildman–Crippen LogP) is 2.28. The van der Waals surface area contributed by atoms with Gasteiger partial charge in [-0.15, -0.1) is 0 Å². The number of carbonyl (C=O) groups excluding carboxylic acids is 2. The molecule has 6 nitrogen and oxygen atoms in total. The molecule has 0 saturated heterocycles. The smallest absolute Gasteiger partial charge is 0.312 e. The van der Waals surface area contributed by atoms with E-state index in [9.17, 15) is 9.59 Å². The Morgan fingerprint density at radius 1 is 1.04 bits per heavy atom. The van der Waals surface area contributed by atoms with Crippen molar-refractivity contribution in [1.29, 1.82) is 0 Å². The quantitative estimate of drug-likeness (QED) is 0.675. The fourth-order valence-corrected chi connectivity index (χ4v) is 2.35. The van der Waals surface area contributed by atoms with Crippen LogP contribution in [0.25, 0.3) is 0 Å². The van der Waals surface area contributed by atoms with Crippen LogP contribution in [0.2, 0.25) is 0 Å². The van der Waals surface area contributed by atoms with Gasteiger partial charge in [0.15, 0.2) is 0 Å². The van der Waals surface area contributed by atoms with Crippen molar-refractivity contribution in [2.45, 2.75) is 20.4 Å². The summed E-state index contributed by atoms with van der Waals surface area (Å²) in [6, 6.07) is 12.4. The number of primary amides is 1. The second-order valence-electron chi connectivity index (χ2n) is 5.79. The van der Waals surface area contributed by atoms with Crippen molar-refractivity contribution in [3.05, 3.63) is 64.7 Å². The summed E-state index contributed by atoms with van der Waals surface area (Å²) in [7, 11) is 0. The van der Waals surface area contributed by atoms with Gasteiger partial charge in [0.2, 0.25) is 0 Å². The molecule has 0 aliphatic carbocycles. The molecular formula is C19H23N3O3. The lowest BCUT2D eigenvalue weighted by Crippen LogP contribution is -2.29. The van der Waals surface area contributed by atoms with Crippen LogP contribution in [-0.2, 0) is 6.54 Å². The van der Waals surface area contributed by atoms with Crippen LogP contribution in [0.3, 0.4) is 0 Å². The van der Waals surface area contributed by atoms with Gasteiger partial charge in [-0.05, 0) is 43.2 Å². The highest BCUT2D eigenvalue weighted by molar-refractivity contribution is 5.94. The summed E-state index contributed by atoms with van der Waals surface area (Å²) in [5, 5.41) is 5.31. The zero-order valence-electron chi connectivity index (χ0n) is 14.5. The van der Waals surface area contributed by atoms with E-state index in [1.54, 1.807) is 24.3 Å². The minimum Gasteiger partial charge on any atom is -0.491 e. The number of rotatable bonds is 7. The molecule has 2 aromatic rings. The Kier molecular flexibility index (Phi) is 6.39. The maximum absolute atomic E-state index is 12.1. The van der Waals surface area contributed by atoms with Gasteiger partial charge in [0.1, 0.15) is 12.4 Å². The molecular weight excluding hydrogens is 318 g/mol. The summed E-state index contributed by atoms with van der Waals surface area (Å²) in [5.74, 6) is 0.657. The molecule has 0 heterocycles. The Labute approximate surface area is 147 Å². The number of urea groups is 1. The van der Waals surface area contributed by atoms with Gasteiger partial charge in [-0.25, -0.2) is 4.79 Å². The van der Waals surface area contributed by atoms with E-state index in [2.05, 4.69) is 16.7 Å². The molecule has 0 unspecified atom stereocenters. The van der Waals surface area contributed by atoms with Crippen molar-refractivity contribution in [1.82, 2.24) is 10.6 Å². The molecule has 0 aromatic heterocycles. The Morgan fingerprint density at radius 2 is 1.76 bits per heavy atom. The van der Waals surface area contributed by atoms with Crippen molar-refractivity contribution in [3.63, 3.8) is 0 Å². The summed E-state index contributed by atoms with van der Waals surface area (Å²) < 4.78 is 5.68. The van der Waals surface area contributed by atoms with Gasteiger partial charge < -0.3 is 21.1 Å². The van der Waals surface area contributed by atoms with E-state index < -0.39 is 6.03 Å². The van der Waals surface area contributed by atoms with Crippen molar-refractivity contribution in [3.8, 4) is 5.75 Å². The molecule has 0 bridgehead atoms. The molecule has 0 radical (unpaired) electrons. The molecule has 25 heavy (non-hydrogen) atoms. The normalized spacial score (nSPS) is 10.2. The Morgan fingerprint density at radius 3 is 2.40 bits per heavy atom. The average molecular weight is 341 g/mol. The Balaban J connectivity index is 1.77. The summed E-state index contributed by atoms with van der Waals surface area (Å²) >= 11 is 0. The van der Waals surface area contributed by atoms with Crippen LogP contribution < -0.4 is 21.1 Å². The fourth-order valence-electron chi connectivity index (χ4n) is 2.35. The molecule has 132 valence electrons. The van der Waals surface area contributed by atoms with Crippen LogP contribution in [0.5, 0.6) is 5.75 Å². The Hall–Kier alpha value is -3.02. The van der Waals surface area contributed by atoms with E-state index >= 15 is 0 Å². The second kappa shape index (κ2) is 8.73. The number of hydrogen-bond donors (Lipinski definition) is 3. The minimum absolute atomic E-state index is 0.168. The van der Waals surface area contributed by atoms with E-state index in [1.807, 2.05) is 26.0 Å². The molecule has 0 atom stereocenters. The molecule has 0 spiro atoms. The maximum Gasteiger partial charge on any atom is 0.312 e. The van der Waals surface area contributed by atoms with E-state index in [-0.39, 0.29) is 5.91 Å². The van der Waals surface area contributed by atoms with Gasteiger partial charge in [-0.1, -0.05) is 29.8 Å². The van der Waals surface area contributed by atoms with E-state index in [0.29, 0.717) is 25.3 Å². The van der Waals surface area contributed by atoms with Gasteiger partial charge in [0, 0.05) is 12.1 Å². The zero-order valence-corrected chi connectivity index (χ0v) is 14.5. The number of ether oxygens (including phenoxy) is 1. The monoisotopic (exact) mass is 341 g/mol. The van der Waals surface area contributed by atoms with Crippen LogP contribution in [0.4, 0.5) is 4.79 Å². The van der Waals surface area contributed by atoms with E-state index in [1.165, 1.54) is 5.56 Å². The number of nitrogens with two attached hydrogens (primary N) is 1. The molecule has 2 rings (SSSR count).